The van der Waals surface area contributed by atoms with Crippen LogP contribution in [0.25, 0.3) is 0 Å². The lowest BCUT2D eigenvalue weighted by Gasteiger charge is -2.11. The highest BCUT2D eigenvalue weighted by Crippen LogP contribution is 2.25. The summed E-state index contributed by atoms with van der Waals surface area (Å²) in [6.45, 7) is 4.52. The average Bonchev–Trinajstić information content (AvgIpc) is 2.30. The molecule has 110 valence electrons. The predicted molar refractivity (Wildman–Crippen MR) is 75.3 cm³/mol. The fourth-order valence-electron chi connectivity index (χ4n) is 1.01. The van der Waals surface area contributed by atoms with E-state index in [1.807, 2.05) is 13.8 Å². The zero-order chi connectivity index (χ0) is 14.7. The largest absolute Gasteiger partial charge is 0.452 e. The first-order valence-electron chi connectivity index (χ1n) is 5.80. The van der Waals surface area contributed by atoms with E-state index in [0.717, 1.165) is 0 Å². The maximum Gasteiger partial charge on any atom is 0.384 e. The van der Waals surface area contributed by atoms with Gasteiger partial charge in [-0.05, 0) is 20.3 Å². The van der Waals surface area contributed by atoms with Crippen molar-refractivity contribution >= 4 is 40.8 Å². The predicted octanol–water partition coefficient (Wildman–Crippen LogP) is 3.08. The van der Waals surface area contributed by atoms with Gasteiger partial charge in [0.1, 0.15) is 6.61 Å². The van der Waals surface area contributed by atoms with Crippen molar-refractivity contribution in [2.75, 3.05) is 19.8 Å². The molecule has 0 aromatic carbocycles. The third-order valence-electron chi connectivity index (χ3n) is 1.76. The topological polar surface area (TPSA) is 44.8 Å². The summed E-state index contributed by atoms with van der Waals surface area (Å²) in [5.74, 6) is 4.23. The number of rotatable bonds is 7. The SMILES string of the molecule is CCOC(C)OCCCC#CC(=O)OCC(Cl)(Cl)Cl. The molecule has 0 rings (SSSR count). The molecule has 0 heterocycles. The van der Waals surface area contributed by atoms with Crippen LogP contribution in [0.15, 0.2) is 0 Å². The fraction of sp³-hybridized carbons (Fsp3) is 0.750. The number of hydrogen-bond acceptors (Lipinski definition) is 4. The summed E-state index contributed by atoms with van der Waals surface area (Å²) in [6, 6.07) is 0. The third-order valence-corrected chi connectivity index (χ3v) is 2.08. The Balaban J connectivity index is 3.61. The minimum absolute atomic E-state index is 0.229. The van der Waals surface area contributed by atoms with Crippen molar-refractivity contribution < 1.29 is 19.0 Å². The summed E-state index contributed by atoms with van der Waals surface area (Å²) >= 11 is 16.2. The Labute approximate surface area is 128 Å². The van der Waals surface area contributed by atoms with Crippen LogP contribution >= 0.6 is 34.8 Å². The van der Waals surface area contributed by atoms with E-state index in [1.165, 1.54) is 0 Å². The lowest BCUT2D eigenvalue weighted by Crippen LogP contribution is -2.16. The second kappa shape index (κ2) is 10.6. The second-order valence-corrected chi connectivity index (χ2v) is 6.01. The van der Waals surface area contributed by atoms with Crippen molar-refractivity contribution in [1.82, 2.24) is 0 Å². The summed E-state index contributed by atoms with van der Waals surface area (Å²) in [6.07, 6.45) is 0.983. The van der Waals surface area contributed by atoms with Crippen LogP contribution < -0.4 is 0 Å². The molecule has 0 aromatic rings. The normalized spacial score (nSPS) is 12.5. The van der Waals surface area contributed by atoms with Gasteiger partial charge in [0, 0.05) is 18.9 Å². The van der Waals surface area contributed by atoms with E-state index in [9.17, 15) is 4.79 Å². The highest BCUT2D eigenvalue weighted by atomic mass is 35.6. The Morgan fingerprint density at radius 1 is 1.32 bits per heavy atom. The maximum absolute atomic E-state index is 11.1. The molecule has 4 nitrogen and oxygen atoms in total. The zero-order valence-electron chi connectivity index (χ0n) is 10.9. The molecule has 0 aliphatic rings. The van der Waals surface area contributed by atoms with Crippen LogP contribution in [0.1, 0.15) is 26.7 Å². The maximum atomic E-state index is 11.1. The van der Waals surface area contributed by atoms with Gasteiger partial charge in [0.2, 0.25) is 3.79 Å². The lowest BCUT2D eigenvalue weighted by atomic mass is 10.3. The minimum Gasteiger partial charge on any atom is -0.452 e. The second-order valence-electron chi connectivity index (χ2n) is 3.49. The van der Waals surface area contributed by atoms with E-state index in [2.05, 4.69) is 16.6 Å². The Morgan fingerprint density at radius 3 is 2.58 bits per heavy atom. The van der Waals surface area contributed by atoms with Gasteiger partial charge in [-0.25, -0.2) is 4.79 Å². The van der Waals surface area contributed by atoms with Gasteiger partial charge in [-0.2, -0.15) is 0 Å². The highest BCUT2D eigenvalue weighted by Gasteiger charge is 2.21. The van der Waals surface area contributed by atoms with Crippen LogP contribution in [0.4, 0.5) is 0 Å². The lowest BCUT2D eigenvalue weighted by molar-refractivity contribution is -0.136. The molecule has 1 unspecified atom stereocenters. The van der Waals surface area contributed by atoms with Crippen LogP contribution in [-0.4, -0.2) is 35.9 Å². The molecule has 0 saturated carbocycles. The molecule has 0 bridgehead atoms. The third kappa shape index (κ3) is 14.0. The molecule has 19 heavy (non-hydrogen) atoms. The van der Waals surface area contributed by atoms with E-state index in [1.54, 1.807) is 0 Å². The van der Waals surface area contributed by atoms with E-state index in [0.29, 0.717) is 26.1 Å². The molecular formula is C12H17Cl3O4. The average molecular weight is 332 g/mol. The number of halogens is 3. The summed E-state index contributed by atoms with van der Waals surface area (Å²) in [7, 11) is 0. The molecule has 0 spiro atoms. The summed E-state index contributed by atoms with van der Waals surface area (Å²) in [4.78, 5) is 11.1. The van der Waals surface area contributed by atoms with Crippen molar-refractivity contribution in [2.24, 2.45) is 0 Å². The van der Waals surface area contributed by atoms with Gasteiger partial charge in [0.05, 0.1) is 6.61 Å². The summed E-state index contributed by atoms with van der Waals surface area (Å²) in [5, 5.41) is 0. The van der Waals surface area contributed by atoms with Crippen LogP contribution in [-0.2, 0) is 19.0 Å². The number of carbonyl (C=O) groups is 1. The van der Waals surface area contributed by atoms with Gasteiger partial charge in [0.15, 0.2) is 6.29 Å². The molecule has 0 N–H and O–H groups in total. The number of carbonyl (C=O) groups excluding carboxylic acids is 1. The first-order chi connectivity index (χ1) is 8.85. The van der Waals surface area contributed by atoms with Crippen LogP contribution in [0.3, 0.4) is 0 Å². The van der Waals surface area contributed by atoms with Gasteiger partial charge >= 0.3 is 5.97 Å². The molecule has 0 saturated heterocycles. The van der Waals surface area contributed by atoms with Gasteiger partial charge in [0.25, 0.3) is 0 Å². The van der Waals surface area contributed by atoms with Crippen molar-refractivity contribution in [3.63, 3.8) is 0 Å². The monoisotopic (exact) mass is 330 g/mol. The Morgan fingerprint density at radius 2 is 2.00 bits per heavy atom. The molecule has 0 amide bonds. The molecule has 0 aliphatic heterocycles. The van der Waals surface area contributed by atoms with Crippen molar-refractivity contribution in [2.45, 2.75) is 36.8 Å². The van der Waals surface area contributed by atoms with Crippen LogP contribution in [0.2, 0.25) is 0 Å². The number of unbranched alkanes of at least 4 members (excludes halogenated alkanes) is 1. The van der Waals surface area contributed by atoms with Gasteiger partial charge in [-0.1, -0.05) is 40.7 Å². The van der Waals surface area contributed by atoms with E-state index >= 15 is 0 Å². The molecule has 7 heteroatoms. The van der Waals surface area contributed by atoms with Crippen molar-refractivity contribution in [1.29, 1.82) is 0 Å². The summed E-state index contributed by atoms with van der Waals surface area (Å²) < 4.78 is 13.5. The summed E-state index contributed by atoms with van der Waals surface area (Å²) in [5.41, 5.74) is 0. The Bertz CT molecular complexity index is 317. The van der Waals surface area contributed by atoms with Crippen LogP contribution in [0.5, 0.6) is 0 Å². The molecular weight excluding hydrogens is 314 g/mol. The number of ether oxygens (including phenoxy) is 3. The Hall–Kier alpha value is -0.180. The molecule has 0 aliphatic carbocycles. The number of esters is 1. The highest BCUT2D eigenvalue weighted by molar-refractivity contribution is 6.67. The smallest absolute Gasteiger partial charge is 0.384 e. The number of hydrogen-bond donors (Lipinski definition) is 0. The Kier molecular flexibility index (Phi) is 10.5. The first kappa shape index (κ1) is 18.8. The van der Waals surface area contributed by atoms with Gasteiger partial charge in [-0.15, -0.1) is 0 Å². The zero-order valence-corrected chi connectivity index (χ0v) is 13.1. The first-order valence-corrected chi connectivity index (χ1v) is 6.94. The van der Waals surface area contributed by atoms with Crippen molar-refractivity contribution in [3.8, 4) is 11.8 Å². The number of alkyl halides is 3. The van der Waals surface area contributed by atoms with Crippen molar-refractivity contribution in [3.05, 3.63) is 0 Å². The van der Waals surface area contributed by atoms with E-state index in [-0.39, 0.29) is 12.9 Å². The van der Waals surface area contributed by atoms with Gasteiger partial charge in [-0.3, -0.25) is 0 Å². The van der Waals surface area contributed by atoms with Gasteiger partial charge < -0.3 is 14.2 Å². The minimum atomic E-state index is -1.61. The fourth-order valence-corrected chi connectivity index (χ4v) is 1.17. The van der Waals surface area contributed by atoms with E-state index < -0.39 is 9.76 Å². The quantitative estimate of drug-likeness (QED) is 0.180. The van der Waals surface area contributed by atoms with Crippen LogP contribution in [0, 0.1) is 11.8 Å². The molecule has 0 aromatic heterocycles. The molecule has 1 atom stereocenters. The standard InChI is InChI=1S/C12H17Cl3O4/c1-3-17-10(2)18-8-6-4-5-7-11(16)19-9-12(13,14)15/h10H,3-4,6,8-9H2,1-2H3. The van der Waals surface area contributed by atoms with E-state index in [4.69, 9.17) is 44.3 Å². The molecule has 0 radical (unpaired) electrons. The molecule has 0 fully saturated rings.